The largest absolute Gasteiger partial charge is 0.404 e. The van der Waals surface area contributed by atoms with Crippen molar-refractivity contribution in [1.82, 2.24) is 15.0 Å². The number of fused-ring (bicyclic) bond motifs is 1. The number of nitrogens with zero attached hydrogens (tertiary/aromatic N) is 3. The summed E-state index contributed by atoms with van der Waals surface area (Å²) in [5, 5.41) is 11.6. The molecule has 3 aromatic rings. The molecule has 158 valence electrons. The topological polar surface area (TPSA) is 153 Å². The molecule has 0 unspecified atom stereocenters. The van der Waals surface area contributed by atoms with Gasteiger partial charge in [-0.1, -0.05) is 13.8 Å². The fraction of sp³-hybridized carbons (Fsp3) is 0.130. The highest BCUT2D eigenvalue weighted by Gasteiger charge is 2.12. The molecule has 8 N–H and O–H groups in total. The fourth-order valence-electron chi connectivity index (χ4n) is 2.98. The average molecular weight is 415 g/mol. The Labute approximate surface area is 181 Å². The van der Waals surface area contributed by atoms with Crippen LogP contribution in [-0.2, 0) is 0 Å². The molecule has 0 atom stereocenters. The molecule has 0 saturated carbocycles. The second-order valence-electron chi connectivity index (χ2n) is 7.20. The van der Waals surface area contributed by atoms with E-state index in [0.717, 1.165) is 5.57 Å². The predicted octanol–water partition coefficient (Wildman–Crippen LogP) is 3.10. The molecule has 0 radical (unpaired) electrons. The molecule has 0 saturated heterocycles. The lowest BCUT2D eigenvalue weighted by atomic mass is 9.99. The first-order valence-electron chi connectivity index (χ1n) is 9.77. The van der Waals surface area contributed by atoms with Gasteiger partial charge in [0.25, 0.3) is 0 Å². The molecule has 0 aromatic carbocycles. The summed E-state index contributed by atoms with van der Waals surface area (Å²) < 4.78 is 0. The number of rotatable bonds is 7. The van der Waals surface area contributed by atoms with Gasteiger partial charge in [0.05, 0.1) is 16.7 Å². The normalized spacial score (nSPS) is 12.9. The summed E-state index contributed by atoms with van der Waals surface area (Å²) in [6.45, 7) is 4.07. The van der Waals surface area contributed by atoms with Gasteiger partial charge < -0.3 is 22.5 Å². The quantitative estimate of drug-likeness (QED) is 0.294. The molecule has 3 heterocycles. The summed E-state index contributed by atoms with van der Waals surface area (Å²) >= 11 is 0. The van der Waals surface area contributed by atoms with Crippen molar-refractivity contribution in [3.63, 3.8) is 0 Å². The minimum Gasteiger partial charge on any atom is -0.404 e. The van der Waals surface area contributed by atoms with Gasteiger partial charge in [-0.2, -0.15) is 0 Å². The average Bonchev–Trinajstić information content (AvgIpc) is 2.78. The summed E-state index contributed by atoms with van der Waals surface area (Å²) in [5.41, 5.74) is 22.0. The van der Waals surface area contributed by atoms with E-state index in [4.69, 9.17) is 22.6 Å². The van der Waals surface area contributed by atoms with Crippen LogP contribution in [-0.4, -0.2) is 20.7 Å². The van der Waals surface area contributed by atoms with Gasteiger partial charge in [-0.25, -0.2) is 4.98 Å². The Morgan fingerprint density at radius 1 is 1.06 bits per heavy atom. The first kappa shape index (κ1) is 21.5. The van der Waals surface area contributed by atoms with E-state index >= 15 is 0 Å². The van der Waals surface area contributed by atoms with Crippen molar-refractivity contribution in [3.05, 3.63) is 89.9 Å². The minimum absolute atomic E-state index is 0.248. The molecule has 0 aliphatic heterocycles. The van der Waals surface area contributed by atoms with Crippen LogP contribution in [0.25, 0.3) is 16.6 Å². The molecular formula is C23H26N8. The van der Waals surface area contributed by atoms with Gasteiger partial charge in [-0.3, -0.25) is 15.4 Å². The van der Waals surface area contributed by atoms with Gasteiger partial charge in [-0.15, -0.1) is 0 Å². The second-order valence-corrected chi connectivity index (χ2v) is 7.20. The SMILES string of the molecule is CC(C)C(=C/N)/C=C(\N)Nc1ccc2ncc(/C(=C/N)C(=N)c3cccnc3)cc2n1. The Hall–Kier alpha value is -4.20. The maximum atomic E-state index is 8.50. The zero-order valence-corrected chi connectivity index (χ0v) is 17.5. The molecule has 31 heavy (non-hydrogen) atoms. The number of pyridine rings is 3. The van der Waals surface area contributed by atoms with Gasteiger partial charge in [0.15, 0.2) is 0 Å². The van der Waals surface area contributed by atoms with Gasteiger partial charge in [0, 0.05) is 41.5 Å². The lowest BCUT2D eigenvalue weighted by Gasteiger charge is -2.11. The molecule has 0 bridgehead atoms. The zero-order valence-electron chi connectivity index (χ0n) is 17.5. The van der Waals surface area contributed by atoms with Crippen molar-refractivity contribution in [1.29, 1.82) is 5.41 Å². The van der Waals surface area contributed by atoms with Crippen LogP contribution in [0.1, 0.15) is 25.0 Å². The van der Waals surface area contributed by atoms with Crippen molar-refractivity contribution < 1.29 is 0 Å². The minimum atomic E-state index is 0.248. The highest BCUT2D eigenvalue weighted by Crippen LogP contribution is 2.22. The van der Waals surface area contributed by atoms with E-state index in [2.05, 4.69) is 20.3 Å². The maximum absolute atomic E-state index is 8.50. The molecule has 0 spiro atoms. The lowest BCUT2D eigenvalue weighted by Crippen LogP contribution is -2.12. The Morgan fingerprint density at radius 3 is 2.52 bits per heavy atom. The van der Waals surface area contributed by atoms with Crippen molar-refractivity contribution in [3.8, 4) is 0 Å². The third kappa shape index (κ3) is 5.05. The number of nitrogens with one attached hydrogen (secondary N) is 2. The van der Waals surface area contributed by atoms with Crippen LogP contribution >= 0.6 is 0 Å². The van der Waals surface area contributed by atoms with Crippen molar-refractivity contribution in [2.24, 2.45) is 23.1 Å². The van der Waals surface area contributed by atoms with Crippen LogP contribution in [0.5, 0.6) is 0 Å². The molecule has 0 fully saturated rings. The van der Waals surface area contributed by atoms with Gasteiger partial charge in [0.2, 0.25) is 0 Å². The summed E-state index contributed by atoms with van der Waals surface area (Å²) in [4.78, 5) is 13.1. The third-order valence-electron chi connectivity index (χ3n) is 4.69. The molecule has 3 aromatic heterocycles. The molecular weight excluding hydrogens is 388 g/mol. The number of hydrogen-bond acceptors (Lipinski definition) is 8. The molecule has 8 heteroatoms. The van der Waals surface area contributed by atoms with Crippen LogP contribution < -0.4 is 22.5 Å². The number of hydrogen-bond donors (Lipinski definition) is 5. The summed E-state index contributed by atoms with van der Waals surface area (Å²) in [6, 6.07) is 9.08. The van der Waals surface area contributed by atoms with Crippen LogP contribution in [0.15, 0.2) is 78.8 Å². The van der Waals surface area contributed by atoms with Crippen LogP contribution in [0.3, 0.4) is 0 Å². The molecule has 0 amide bonds. The number of anilines is 1. The number of aromatic nitrogens is 3. The van der Waals surface area contributed by atoms with E-state index in [9.17, 15) is 0 Å². The Bertz CT molecular complexity index is 1180. The standard InChI is InChI=1S/C23H26N8/c1-14(2)16(10-24)9-21(26)31-22-6-5-19-20(30-22)8-17(13-29-19)18(11-25)23(27)15-4-3-7-28-12-15/h3-14,27H,24-26H2,1-2H3,(H,30,31)/b16-10+,18-11-,21-9+,27-23?. The lowest BCUT2D eigenvalue weighted by molar-refractivity contribution is 0.786. The fourth-order valence-corrected chi connectivity index (χ4v) is 2.98. The van der Waals surface area contributed by atoms with E-state index in [1.54, 1.807) is 43.0 Å². The zero-order chi connectivity index (χ0) is 22.4. The smallest absolute Gasteiger partial charge is 0.132 e. The maximum Gasteiger partial charge on any atom is 0.132 e. The van der Waals surface area contributed by atoms with Crippen molar-refractivity contribution in [2.75, 3.05) is 5.32 Å². The summed E-state index contributed by atoms with van der Waals surface area (Å²) in [7, 11) is 0. The first-order chi connectivity index (χ1) is 14.9. The van der Waals surface area contributed by atoms with E-state index in [1.807, 2.05) is 32.0 Å². The molecule has 3 rings (SSSR count). The van der Waals surface area contributed by atoms with Crippen molar-refractivity contribution >= 4 is 28.1 Å². The van der Waals surface area contributed by atoms with E-state index in [1.165, 1.54) is 6.20 Å². The summed E-state index contributed by atoms with van der Waals surface area (Å²) in [5.74, 6) is 1.25. The molecule has 8 nitrogen and oxygen atoms in total. The Kier molecular flexibility index (Phi) is 6.61. The number of nitrogens with two attached hydrogens (primary N) is 3. The van der Waals surface area contributed by atoms with Gasteiger partial charge in [-0.05, 0) is 54.1 Å². The third-order valence-corrected chi connectivity index (χ3v) is 4.69. The molecule has 0 aliphatic rings. The van der Waals surface area contributed by atoms with Gasteiger partial charge in [0.1, 0.15) is 11.6 Å². The predicted molar refractivity (Wildman–Crippen MR) is 126 cm³/mol. The Morgan fingerprint density at radius 2 is 1.87 bits per heavy atom. The highest BCUT2D eigenvalue weighted by molar-refractivity contribution is 6.30. The van der Waals surface area contributed by atoms with Crippen LogP contribution in [0.2, 0.25) is 0 Å². The highest BCUT2D eigenvalue weighted by atomic mass is 15.1. The molecule has 0 aliphatic carbocycles. The Balaban J connectivity index is 1.91. The van der Waals surface area contributed by atoms with Crippen LogP contribution in [0.4, 0.5) is 5.82 Å². The van der Waals surface area contributed by atoms with E-state index in [0.29, 0.717) is 39.4 Å². The second kappa shape index (κ2) is 9.53. The van der Waals surface area contributed by atoms with E-state index < -0.39 is 0 Å². The monoisotopic (exact) mass is 414 g/mol. The van der Waals surface area contributed by atoms with Crippen molar-refractivity contribution in [2.45, 2.75) is 13.8 Å². The van der Waals surface area contributed by atoms with Crippen LogP contribution in [0, 0.1) is 11.3 Å². The summed E-state index contributed by atoms with van der Waals surface area (Å²) in [6.07, 6.45) is 9.68. The first-order valence-corrected chi connectivity index (χ1v) is 9.77. The van der Waals surface area contributed by atoms with E-state index in [-0.39, 0.29) is 11.6 Å². The number of allylic oxidation sites excluding steroid dienone is 3. The van der Waals surface area contributed by atoms with Gasteiger partial charge >= 0.3 is 0 Å².